The third-order valence-corrected chi connectivity index (χ3v) is 9.30. The van der Waals surface area contributed by atoms with Gasteiger partial charge in [-0.25, -0.2) is 4.39 Å². The Balaban J connectivity index is 1.76. The largest absolute Gasteiger partial charge is 0.695 e. The molecule has 7 nitrogen and oxygen atoms in total. The molecule has 0 spiro atoms. The summed E-state index contributed by atoms with van der Waals surface area (Å²) in [5, 5.41) is 22.8. The number of Topliss-reactive ketones (excluding diaryl/α,β-unsaturated/α-hetero) is 1. The molecule has 3 saturated carbocycles. The Morgan fingerprint density at radius 2 is 2.03 bits per heavy atom. The molecule has 9 atom stereocenters. The molecule has 31 heavy (non-hydrogen) atoms. The second-order valence-electron chi connectivity index (χ2n) is 10.1. The first kappa shape index (κ1) is 22.9. The monoisotopic (exact) mass is 455 g/mol. The second kappa shape index (κ2) is 7.09. The van der Waals surface area contributed by atoms with E-state index in [2.05, 4.69) is 4.52 Å². The number of halogens is 1. The summed E-state index contributed by atoms with van der Waals surface area (Å²) in [6.07, 6.45) is 4.03. The Labute approximate surface area is 181 Å². The molecule has 170 valence electrons. The van der Waals surface area contributed by atoms with Gasteiger partial charge in [-0.15, -0.1) is 9.42 Å². The summed E-state index contributed by atoms with van der Waals surface area (Å²) in [6, 6.07) is 0. The van der Waals surface area contributed by atoms with Crippen LogP contribution in [0.1, 0.15) is 46.5 Å². The number of fused-ring (bicyclic) bond motifs is 5. The van der Waals surface area contributed by atoms with Crippen molar-refractivity contribution in [2.75, 3.05) is 6.61 Å². The van der Waals surface area contributed by atoms with Gasteiger partial charge in [-0.3, -0.25) is 9.59 Å². The van der Waals surface area contributed by atoms with Crippen molar-refractivity contribution >= 4 is 19.8 Å². The highest BCUT2D eigenvalue weighted by molar-refractivity contribution is 7.32. The molecule has 4 aliphatic rings. The maximum absolute atomic E-state index is 17.0. The average molecular weight is 455 g/mol. The predicted molar refractivity (Wildman–Crippen MR) is 109 cm³/mol. The third-order valence-electron chi connectivity index (χ3n) is 8.95. The normalized spacial score (nSPS) is 49.1. The molecule has 0 radical (unpaired) electrons. The highest BCUT2D eigenvalue weighted by Crippen LogP contribution is 2.70. The molecule has 1 unspecified atom stereocenters. The van der Waals surface area contributed by atoms with Crippen LogP contribution in [0.3, 0.4) is 0 Å². The van der Waals surface area contributed by atoms with Crippen molar-refractivity contribution in [2.24, 2.45) is 28.6 Å². The number of alkyl halides is 1. The van der Waals surface area contributed by atoms with Gasteiger partial charge in [-0.1, -0.05) is 25.5 Å². The van der Waals surface area contributed by atoms with Gasteiger partial charge in [0.05, 0.1) is 6.10 Å². The van der Waals surface area contributed by atoms with E-state index in [1.54, 1.807) is 26.8 Å². The number of aliphatic hydroxyl groups excluding tert-OH is 1. The summed E-state index contributed by atoms with van der Waals surface area (Å²) < 4.78 is 32.5. The fourth-order valence-corrected chi connectivity index (χ4v) is 7.59. The smallest absolute Gasteiger partial charge is 0.390 e. The highest BCUT2D eigenvalue weighted by Gasteiger charge is 2.75. The van der Waals surface area contributed by atoms with E-state index in [1.807, 2.05) is 0 Å². The van der Waals surface area contributed by atoms with Crippen molar-refractivity contribution in [3.63, 3.8) is 0 Å². The highest BCUT2D eigenvalue weighted by atomic mass is 31.1. The maximum Gasteiger partial charge on any atom is 0.695 e. The Hall–Kier alpha value is -1.31. The van der Waals surface area contributed by atoms with Crippen LogP contribution in [0.5, 0.6) is 0 Å². The number of hydrogen-bond acceptors (Lipinski definition) is 6. The molecule has 0 aliphatic heterocycles. The third kappa shape index (κ3) is 2.78. The van der Waals surface area contributed by atoms with E-state index in [9.17, 15) is 24.4 Å². The molecule has 0 bridgehead atoms. The van der Waals surface area contributed by atoms with Gasteiger partial charge in [0.2, 0.25) is 0 Å². The fourth-order valence-electron chi connectivity index (χ4n) is 7.36. The van der Waals surface area contributed by atoms with Crippen molar-refractivity contribution in [3.8, 4) is 0 Å². The molecule has 4 rings (SSSR count). The van der Waals surface area contributed by atoms with Gasteiger partial charge in [0, 0.05) is 21.3 Å². The van der Waals surface area contributed by atoms with Crippen LogP contribution >= 0.6 is 8.25 Å². The van der Waals surface area contributed by atoms with Crippen LogP contribution in [0.4, 0.5) is 4.39 Å². The standard InChI is InChI=1S/C22H28FO7P/c1-12-8-16-15-5-4-13-9-14(24)6-7-19(13,2)21(15,23)17(25)10-20(16,3)22(12,27)18(26)11-30-31(28)29/h6-7,9,12,15-17,25,27H,4-5,8,10-11H2,1-3H3/p+1/t12-,15-,16-,17-,19-,20-,21+,22-/m0/s1. The van der Waals surface area contributed by atoms with Crippen LogP contribution in [0.2, 0.25) is 0 Å². The number of hydrogen-bond donors (Lipinski definition) is 3. The minimum absolute atomic E-state index is 0.146. The lowest BCUT2D eigenvalue weighted by Crippen LogP contribution is -2.69. The number of carbonyl (C=O) groups excluding carboxylic acids is 2. The molecular formula is C22H29FO7P+. The van der Waals surface area contributed by atoms with Gasteiger partial charge in [0.25, 0.3) is 0 Å². The van der Waals surface area contributed by atoms with E-state index in [4.69, 9.17) is 4.89 Å². The second-order valence-corrected chi connectivity index (χ2v) is 10.8. The Morgan fingerprint density at radius 3 is 2.68 bits per heavy atom. The molecule has 0 amide bonds. The summed E-state index contributed by atoms with van der Waals surface area (Å²) in [7, 11) is -3.00. The maximum atomic E-state index is 17.0. The van der Waals surface area contributed by atoms with Crippen LogP contribution < -0.4 is 0 Å². The molecule has 3 N–H and O–H groups in total. The minimum atomic E-state index is -3.00. The lowest BCUT2D eigenvalue weighted by Gasteiger charge is -2.62. The van der Waals surface area contributed by atoms with Crippen molar-refractivity contribution in [1.29, 1.82) is 0 Å². The average Bonchev–Trinajstić information content (AvgIpc) is 2.89. The first-order chi connectivity index (χ1) is 14.3. The van der Waals surface area contributed by atoms with E-state index in [1.165, 1.54) is 12.2 Å². The predicted octanol–water partition coefficient (Wildman–Crippen LogP) is 2.57. The summed E-state index contributed by atoms with van der Waals surface area (Å²) in [4.78, 5) is 33.8. The lowest BCUT2D eigenvalue weighted by atomic mass is 9.44. The van der Waals surface area contributed by atoms with Crippen LogP contribution in [-0.2, 0) is 18.7 Å². The van der Waals surface area contributed by atoms with Crippen LogP contribution in [-0.4, -0.2) is 50.7 Å². The summed E-state index contributed by atoms with van der Waals surface area (Å²) in [5.41, 5.74) is -5.56. The van der Waals surface area contributed by atoms with E-state index in [0.29, 0.717) is 24.8 Å². The van der Waals surface area contributed by atoms with E-state index < -0.39 is 66.6 Å². The minimum Gasteiger partial charge on any atom is -0.390 e. The molecule has 4 aliphatic carbocycles. The summed E-state index contributed by atoms with van der Waals surface area (Å²) in [6.45, 7) is 4.39. The Kier molecular flexibility index (Phi) is 5.23. The van der Waals surface area contributed by atoms with Crippen molar-refractivity contribution in [2.45, 2.75) is 63.8 Å². The Morgan fingerprint density at radius 1 is 1.35 bits per heavy atom. The SMILES string of the molecule is C[C@H]1C[C@H]2[C@@H]3CCC4=CC(=O)C=C[C@]4(C)[C@]3(F)[C@@H](O)C[C@]2(C)[C@@]1(O)C(=O)CO[P+](=O)O. The van der Waals surface area contributed by atoms with Gasteiger partial charge in [-0.2, -0.15) is 0 Å². The Bertz CT molecular complexity index is 918. The fraction of sp³-hybridized carbons (Fsp3) is 0.727. The van der Waals surface area contributed by atoms with Crippen molar-refractivity contribution < 1.29 is 38.2 Å². The van der Waals surface area contributed by atoms with E-state index in [0.717, 1.165) is 0 Å². The van der Waals surface area contributed by atoms with Crippen LogP contribution in [0.15, 0.2) is 23.8 Å². The molecule has 0 aromatic rings. The van der Waals surface area contributed by atoms with E-state index in [-0.39, 0.29) is 12.2 Å². The zero-order chi connectivity index (χ0) is 23.0. The zero-order valence-corrected chi connectivity index (χ0v) is 18.8. The lowest BCUT2D eigenvalue weighted by molar-refractivity contribution is -0.219. The van der Waals surface area contributed by atoms with Gasteiger partial charge >= 0.3 is 8.25 Å². The van der Waals surface area contributed by atoms with Crippen molar-refractivity contribution in [1.82, 2.24) is 0 Å². The van der Waals surface area contributed by atoms with Gasteiger partial charge < -0.3 is 10.2 Å². The van der Waals surface area contributed by atoms with Crippen molar-refractivity contribution in [3.05, 3.63) is 23.8 Å². The van der Waals surface area contributed by atoms with Gasteiger partial charge in [-0.05, 0) is 56.6 Å². The molecular weight excluding hydrogens is 426 g/mol. The van der Waals surface area contributed by atoms with Gasteiger partial charge in [0.1, 0.15) is 5.60 Å². The van der Waals surface area contributed by atoms with Gasteiger partial charge in [0.15, 0.2) is 23.8 Å². The van der Waals surface area contributed by atoms with Crippen LogP contribution in [0, 0.1) is 28.6 Å². The first-order valence-electron chi connectivity index (χ1n) is 10.7. The molecule has 3 fully saturated rings. The molecule has 0 saturated heterocycles. The summed E-state index contributed by atoms with van der Waals surface area (Å²) in [5.74, 6) is -2.48. The number of aliphatic hydroxyl groups is 2. The number of ketones is 2. The molecule has 0 aromatic carbocycles. The topological polar surface area (TPSA) is 121 Å². The van der Waals surface area contributed by atoms with E-state index >= 15 is 4.39 Å². The number of allylic oxidation sites excluding steroid dienone is 4. The summed E-state index contributed by atoms with van der Waals surface area (Å²) >= 11 is 0. The molecule has 9 heteroatoms. The molecule has 0 aromatic heterocycles. The number of carbonyl (C=O) groups is 2. The molecule has 0 heterocycles. The number of rotatable bonds is 4. The zero-order valence-electron chi connectivity index (χ0n) is 17.9. The van der Waals surface area contributed by atoms with Crippen LogP contribution in [0.25, 0.3) is 0 Å². The first-order valence-corrected chi connectivity index (χ1v) is 11.8. The quantitative estimate of drug-likeness (QED) is 0.557.